The van der Waals surface area contributed by atoms with E-state index >= 15 is 0 Å². The van der Waals surface area contributed by atoms with Gasteiger partial charge in [-0.25, -0.2) is 0 Å². The van der Waals surface area contributed by atoms with Gasteiger partial charge in [0.05, 0.1) is 7.11 Å². The molecule has 0 aliphatic heterocycles. The molecule has 120 valence electrons. The number of unbranched alkanes of at least 4 members (excludes halogenated alkanes) is 1. The van der Waals surface area contributed by atoms with Crippen molar-refractivity contribution in [2.45, 2.75) is 33.1 Å². The van der Waals surface area contributed by atoms with Crippen molar-refractivity contribution in [3.05, 3.63) is 29.8 Å². The van der Waals surface area contributed by atoms with E-state index in [0.717, 1.165) is 12.8 Å². The quantitative estimate of drug-likeness (QED) is 0.378. The van der Waals surface area contributed by atoms with Crippen molar-refractivity contribution in [1.82, 2.24) is 5.32 Å². The van der Waals surface area contributed by atoms with Crippen molar-refractivity contribution in [2.24, 2.45) is 0 Å². The van der Waals surface area contributed by atoms with E-state index in [9.17, 15) is 9.59 Å². The lowest BCUT2D eigenvalue weighted by atomic mass is 10.2. The Labute approximate surface area is 127 Å². The fraction of sp³-hybridized carbons (Fsp3) is 0.500. The smallest absolute Gasteiger partial charge is 0.305 e. The first kappa shape index (κ1) is 21.4. The van der Waals surface area contributed by atoms with Crippen LogP contribution in [0.5, 0.6) is 0 Å². The van der Waals surface area contributed by atoms with Crippen molar-refractivity contribution in [3.8, 4) is 0 Å². The Balaban J connectivity index is 0. The van der Waals surface area contributed by atoms with E-state index in [1.807, 2.05) is 7.05 Å². The number of rotatable bonds is 5. The molecule has 0 aliphatic carbocycles. The summed E-state index contributed by atoms with van der Waals surface area (Å²) in [6, 6.07) is 6.76. The minimum absolute atomic E-state index is 0.157. The maximum Gasteiger partial charge on any atom is 0.305 e. The van der Waals surface area contributed by atoms with Gasteiger partial charge in [0.15, 0.2) is 0 Å². The van der Waals surface area contributed by atoms with E-state index in [0.29, 0.717) is 17.7 Å². The van der Waals surface area contributed by atoms with Crippen LogP contribution in [-0.2, 0) is 9.53 Å². The van der Waals surface area contributed by atoms with E-state index in [1.54, 1.807) is 31.2 Å². The summed E-state index contributed by atoms with van der Waals surface area (Å²) in [5, 5.41) is 3.07. The molecule has 0 radical (unpaired) electrons. The van der Waals surface area contributed by atoms with E-state index < -0.39 is 0 Å². The van der Waals surface area contributed by atoms with Gasteiger partial charge in [-0.1, -0.05) is 20.3 Å². The van der Waals surface area contributed by atoms with Crippen molar-refractivity contribution in [2.75, 3.05) is 26.4 Å². The van der Waals surface area contributed by atoms with Gasteiger partial charge in [-0.3, -0.25) is 9.59 Å². The van der Waals surface area contributed by atoms with Gasteiger partial charge in [0.25, 0.3) is 0 Å². The first-order valence-corrected chi connectivity index (χ1v) is 7.07. The Kier molecular flexibility index (Phi) is 16.5. The van der Waals surface area contributed by atoms with Crippen molar-refractivity contribution >= 4 is 17.9 Å². The van der Waals surface area contributed by atoms with Crippen LogP contribution in [0.3, 0.4) is 0 Å². The van der Waals surface area contributed by atoms with Gasteiger partial charge >= 0.3 is 5.97 Å². The second kappa shape index (κ2) is 16.2. The van der Waals surface area contributed by atoms with Crippen LogP contribution in [0, 0.1) is 0 Å². The number of hydrogen-bond acceptors (Lipinski definition) is 5. The van der Waals surface area contributed by atoms with Crippen LogP contribution < -0.4 is 11.1 Å². The van der Waals surface area contributed by atoms with Gasteiger partial charge in [-0.05, 0) is 44.3 Å². The highest BCUT2D eigenvalue weighted by molar-refractivity contribution is 5.75. The molecule has 21 heavy (non-hydrogen) atoms. The fourth-order valence-corrected chi connectivity index (χ4v) is 1.07. The molecule has 1 aromatic carbocycles. The third-order valence-electron chi connectivity index (χ3n) is 2.37. The molecule has 0 spiro atoms. The molecule has 1 aromatic rings. The third kappa shape index (κ3) is 16.1. The third-order valence-corrected chi connectivity index (χ3v) is 2.37. The lowest BCUT2D eigenvalue weighted by molar-refractivity contribution is -0.140. The van der Waals surface area contributed by atoms with Crippen molar-refractivity contribution in [3.63, 3.8) is 0 Å². The molecule has 5 nitrogen and oxygen atoms in total. The van der Waals surface area contributed by atoms with E-state index in [1.165, 1.54) is 20.0 Å². The molecule has 0 fully saturated rings. The molecule has 1 rings (SSSR count). The number of anilines is 1. The highest BCUT2D eigenvalue weighted by Crippen LogP contribution is 2.01. The van der Waals surface area contributed by atoms with Crippen LogP contribution in [0.2, 0.25) is 0 Å². The first-order chi connectivity index (χ1) is 10.0. The van der Waals surface area contributed by atoms with Gasteiger partial charge < -0.3 is 15.8 Å². The summed E-state index contributed by atoms with van der Waals surface area (Å²) in [6.07, 6.45) is 3.85. The van der Waals surface area contributed by atoms with Crippen LogP contribution in [0.4, 0.5) is 5.69 Å². The summed E-state index contributed by atoms with van der Waals surface area (Å²) in [4.78, 5) is 20.0. The Hall–Kier alpha value is -1.88. The molecular weight excluding hydrogens is 268 g/mol. The van der Waals surface area contributed by atoms with Crippen LogP contribution in [0.25, 0.3) is 0 Å². The molecule has 0 amide bonds. The van der Waals surface area contributed by atoms with Crippen LogP contribution in [-0.4, -0.2) is 33.0 Å². The molecule has 0 aromatic heterocycles. The number of hydrogen-bond donors (Lipinski definition) is 2. The van der Waals surface area contributed by atoms with Crippen LogP contribution >= 0.6 is 0 Å². The molecule has 3 N–H and O–H groups in total. The summed E-state index contributed by atoms with van der Waals surface area (Å²) in [5.41, 5.74) is 6.70. The lowest BCUT2D eigenvalue weighted by Gasteiger charge is -1.89. The molecule has 0 heterocycles. The number of aldehydes is 1. The number of esters is 1. The van der Waals surface area contributed by atoms with Crippen LogP contribution in [0.15, 0.2) is 24.3 Å². The van der Waals surface area contributed by atoms with Crippen molar-refractivity contribution < 1.29 is 14.3 Å². The SMILES string of the molecule is CCC(=O)OC.CCCCNC.Nc1ccc(C=O)cc1. The first-order valence-electron chi connectivity index (χ1n) is 7.07. The van der Waals surface area contributed by atoms with E-state index in [2.05, 4.69) is 17.0 Å². The number of nitrogens with two attached hydrogens (primary N) is 1. The number of carbonyl (C=O) groups is 2. The fourth-order valence-electron chi connectivity index (χ4n) is 1.07. The number of ether oxygens (including phenoxy) is 1. The summed E-state index contributed by atoms with van der Waals surface area (Å²) < 4.78 is 4.26. The average Bonchev–Trinajstić information content (AvgIpc) is 2.54. The van der Waals surface area contributed by atoms with Crippen molar-refractivity contribution in [1.29, 1.82) is 0 Å². The van der Waals surface area contributed by atoms with Gasteiger partial charge in [-0.2, -0.15) is 0 Å². The van der Waals surface area contributed by atoms with Gasteiger partial charge in [0.2, 0.25) is 0 Å². The van der Waals surface area contributed by atoms with E-state index in [4.69, 9.17) is 5.73 Å². The second-order valence-electron chi connectivity index (χ2n) is 4.17. The minimum Gasteiger partial charge on any atom is -0.469 e. The predicted octanol–water partition coefficient (Wildman–Crippen LogP) is 2.66. The zero-order valence-corrected chi connectivity index (χ0v) is 13.5. The topological polar surface area (TPSA) is 81.4 Å². The molecule has 0 unspecified atom stereocenters. The lowest BCUT2D eigenvalue weighted by Crippen LogP contribution is -2.06. The maximum absolute atomic E-state index is 10.1. The summed E-state index contributed by atoms with van der Waals surface area (Å²) in [5.74, 6) is -0.157. The maximum atomic E-state index is 10.1. The minimum atomic E-state index is -0.157. The number of methoxy groups -OCH3 is 1. The van der Waals surface area contributed by atoms with Gasteiger partial charge in [0.1, 0.15) is 6.29 Å². The number of carbonyl (C=O) groups excluding carboxylic acids is 2. The molecule has 0 aliphatic rings. The summed E-state index contributed by atoms with van der Waals surface area (Å²) in [7, 11) is 3.36. The summed E-state index contributed by atoms with van der Waals surface area (Å²) in [6.45, 7) is 5.11. The Morgan fingerprint density at radius 1 is 1.29 bits per heavy atom. The zero-order valence-electron chi connectivity index (χ0n) is 13.5. The second-order valence-corrected chi connectivity index (χ2v) is 4.17. The van der Waals surface area contributed by atoms with Gasteiger partial charge in [0, 0.05) is 17.7 Å². The Morgan fingerprint density at radius 3 is 2.10 bits per heavy atom. The normalized spacial score (nSPS) is 8.57. The highest BCUT2D eigenvalue weighted by Gasteiger charge is 1.87. The molecule has 5 heteroatoms. The number of nitrogens with one attached hydrogen (secondary N) is 1. The zero-order chi connectivity index (χ0) is 16.5. The van der Waals surface area contributed by atoms with Crippen LogP contribution in [0.1, 0.15) is 43.5 Å². The molecular formula is C16H28N2O3. The molecule has 0 bridgehead atoms. The highest BCUT2D eigenvalue weighted by atomic mass is 16.5. The predicted molar refractivity (Wildman–Crippen MR) is 87.4 cm³/mol. The van der Waals surface area contributed by atoms with E-state index in [-0.39, 0.29) is 5.97 Å². The number of nitrogen functional groups attached to an aromatic ring is 1. The monoisotopic (exact) mass is 296 g/mol. The average molecular weight is 296 g/mol. The molecule has 0 saturated heterocycles. The largest absolute Gasteiger partial charge is 0.469 e. The summed E-state index contributed by atoms with van der Waals surface area (Å²) >= 11 is 0. The standard InChI is InChI=1S/C7H7NO.C5H13N.C4H8O2/c8-7-3-1-6(5-9)2-4-7;1-3-4-5-6-2;1-3-4(5)6-2/h1-5H,8H2;6H,3-5H2,1-2H3;3H2,1-2H3. The molecule has 0 saturated carbocycles. The Bertz CT molecular complexity index is 354. The van der Waals surface area contributed by atoms with Gasteiger partial charge in [-0.15, -0.1) is 0 Å². The number of benzene rings is 1. The Morgan fingerprint density at radius 2 is 1.86 bits per heavy atom. The molecule has 0 atom stereocenters.